The monoisotopic (exact) mass is 216 g/mol. The zero-order chi connectivity index (χ0) is 11.6. The maximum absolute atomic E-state index is 11.8. The van der Waals surface area contributed by atoms with Crippen LogP contribution >= 0.6 is 0 Å². The van der Waals surface area contributed by atoms with Gasteiger partial charge in [-0.05, 0) is 20.8 Å². The second-order valence-corrected chi connectivity index (χ2v) is 4.87. The molecule has 5 nitrogen and oxygen atoms in total. The zero-order valence-electron chi connectivity index (χ0n) is 9.82. The van der Waals surface area contributed by atoms with Gasteiger partial charge >= 0.3 is 5.97 Å². The van der Waals surface area contributed by atoms with Crippen LogP contribution in [0.4, 0.5) is 0 Å². The highest BCUT2D eigenvalue weighted by Gasteiger charge is 2.39. The third-order valence-electron chi connectivity index (χ3n) is 2.31. The lowest BCUT2D eigenvalue weighted by atomic mass is 10.1. The van der Waals surface area contributed by atoms with Crippen LogP contribution in [0.2, 0.25) is 0 Å². The van der Waals surface area contributed by atoms with E-state index >= 15 is 0 Å². The van der Waals surface area contributed by atoms with E-state index < -0.39 is 5.60 Å². The number of hydrogen-bond donors (Lipinski definition) is 1. The van der Waals surface area contributed by atoms with E-state index in [9.17, 15) is 4.79 Å². The van der Waals surface area contributed by atoms with E-state index in [1.165, 1.54) is 0 Å². The van der Waals surface area contributed by atoms with Crippen molar-refractivity contribution in [3.63, 3.8) is 0 Å². The number of carbonyl (C=O) groups is 1. The maximum Gasteiger partial charge on any atom is 0.313 e. The minimum atomic E-state index is -0.461. The van der Waals surface area contributed by atoms with Crippen molar-refractivity contribution in [2.75, 3.05) is 20.2 Å². The lowest BCUT2D eigenvalue weighted by Crippen LogP contribution is -2.35. The molecular formula is C10H20N2O3. The standard InChI is InChI=1S/C10H20N2O3/c1-10(2,3)15-9(13)7-5-12(11)6-8(7)14-4/h7-8H,5-6,11H2,1-4H3/t7-,8+/m1/s1. The quantitative estimate of drug-likeness (QED) is 0.526. The summed E-state index contributed by atoms with van der Waals surface area (Å²) in [5.41, 5.74) is -0.461. The first-order chi connectivity index (χ1) is 6.83. The van der Waals surface area contributed by atoms with E-state index in [-0.39, 0.29) is 18.0 Å². The Kier molecular flexibility index (Phi) is 3.70. The number of ether oxygens (including phenoxy) is 2. The van der Waals surface area contributed by atoms with Gasteiger partial charge in [0.15, 0.2) is 0 Å². The van der Waals surface area contributed by atoms with Crippen LogP contribution in [0.15, 0.2) is 0 Å². The molecule has 1 fully saturated rings. The Morgan fingerprint density at radius 1 is 1.40 bits per heavy atom. The van der Waals surface area contributed by atoms with E-state index in [1.807, 2.05) is 20.8 Å². The summed E-state index contributed by atoms with van der Waals surface area (Å²) in [6, 6.07) is 0. The Morgan fingerprint density at radius 3 is 2.47 bits per heavy atom. The highest BCUT2D eigenvalue weighted by atomic mass is 16.6. The Morgan fingerprint density at radius 2 is 2.00 bits per heavy atom. The average Bonchev–Trinajstić information content (AvgIpc) is 2.43. The first-order valence-electron chi connectivity index (χ1n) is 5.09. The van der Waals surface area contributed by atoms with Crippen molar-refractivity contribution in [3.8, 4) is 0 Å². The van der Waals surface area contributed by atoms with Crippen molar-refractivity contribution in [2.24, 2.45) is 11.8 Å². The molecule has 1 aliphatic heterocycles. The minimum Gasteiger partial charge on any atom is -0.460 e. The van der Waals surface area contributed by atoms with Crippen molar-refractivity contribution in [1.82, 2.24) is 5.01 Å². The fourth-order valence-corrected chi connectivity index (χ4v) is 1.65. The summed E-state index contributed by atoms with van der Waals surface area (Å²) in [4.78, 5) is 11.8. The van der Waals surface area contributed by atoms with E-state index in [4.69, 9.17) is 15.3 Å². The molecule has 1 heterocycles. The van der Waals surface area contributed by atoms with Crippen LogP contribution in [-0.2, 0) is 14.3 Å². The van der Waals surface area contributed by atoms with E-state index in [0.29, 0.717) is 13.1 Å². The molecule has 1 rings (SSSR count). The second-order valence-electron chi connectivity index (χ2n) is 4.87. The fourth-order valence-electron chi connectivity index (χ4n) is 1.65. The van der Waals surface area contributed by atoms with Gasteiger partial charge in [-0.3, -0.25) is 10.6 Å². The van der Waals surface area contributed by atoms with Crippen molar-refractivity contribution < 1.29 is 14.3 Å². The van der Waals surface area contributed by atoms with Gasteiger partial charge in [-0.15, -0.1) is 0 Å². The molecular weight excluding hydrogens is 196 g/mol. The summed E-state index contributed by atoms with van der Waals surface area (Å²) in [5.74, 6) is 5.13. The molecule has 1 aliphatic rings. The molecule has 0 radical (unpaired) electrons. The third kappa shape index (κ3) is 3.44. The third-order valence-corrected chi connectivity index (χ3v) is 2.31. The van der Waals surface area contributed by atoms with Crippen molar-refractivity contribution in [3.05, 3.63) is 0 Å². The number of hydrazine groups is 1. The van der Waals surface area contributed by atoms with Crippen LogP contribution in [0.3, 0.4) is 0 Å². The number of nitrogens with two attached hydrogens (primary N) is 1. The smallest absolute Gasteiger partial charge is 0.313 e. The maximum atomic E-state index is 11.8. The summed E-state index contributed by atoms with van der Waals surface area (Å²) in [6.07, 6.45) is -0.162. The van der Waals surface area contributed by atoms with Gasteiger partial charge in [-0.25, -0.2) is 5.01 Å². The highest BCUT2D eigenvalue weighted by molar-refractivity contribution is 5.74. The molecule has 88 valence electrons. The van der Waals surface area contributed by atoms with Gasteiger partial charge in [0.2, 0.25) is 0 Å². The molecule has 5 heteroatoms. The molecule has 2 N–H and O–H groups in total. The number of carbonyl (C=O) groups excluding carboxylic acids is 1. The van der Waals surface area contributed by atoms with Crippen molar-refractivity contribution >= 4 is 5.97 Å². The first kappa shape index (κ1) is 12.4. The number of rotatable bonds is 2. The van der Waals surface area contributed by atoms with Crippen molar-refractivity contribution in [1.29, 1.82) is 0 Å². The highest BCUT2D eigenvalue weighted by Crippen LogP contribution is 2.21. The molecule has 0 amide bonds. The Labute approximate surface area is 90.5 Å². The second kappa shape index (κ2) is 4.47. The van der Waals surface area contributed by atoms with Gasteiger partial charge in [0.25, 0.3) is 0 Å². The topological polar surface area (TPSA) is 64.8 Å². The van der Waals surface area contributed by atoms with Crippen LogP contribution in [-0.4, -0.2) is 42.9 Å². The Hall–Kier alpha value is -0.650. The SMILES string of the molecule is CO[C@H]1CN(N)C[C@H]1C(=O)OC(C)(C)C. The summed E-state index contributed by atoms with van der Waals surface area (Å²) < 4.78 is 10.5. The average molecular weight is 216 g/mol. The summed E-state index contributed by atoms with van der Waals surface area (Å²) in [6.45, 7) is 6.61. The van der Waals surface area contributed by atoms with Crippen LogP contribution in [0, 0.1) is 5.92 Å². The van der Waals surface area contributed by atoms with E-state index in [0.717, 1.165) is 0 Å². The Bertz CT molecular complexity index is 237. The molecule has 0 spiro atoms. The normalized spacial score (nSPS) is 28.1. The first-order valence-corrected chi connectivity index (χ1v) is 5.09. The van der Waals surface area contributed by atoms with Gasteiger partial charge in [0, 0.05) is 20.2 Å². The predicted molar refractivity (Wildman–Crippen MR) is 55.9 cm³/mol. The molecule has 1 saturated heterocycles. The van der Waals surface area contributed by atoms with Gasteiger partial charge in [-0.2, -0.15) is 0 Å². The van der Waals surface area contributed by atoms with E-state index in [1.54, 1.807) is 12.1 Å². The molecule has 0 aromatic rings. The van der Waals surface area contributed by atoms with Gasteiger partial charge in [-0.1, -0.05) is 0 Å². The lowest BCUT2D eigenvalue weighted by molar-refractivity contribution is -0.162. The molecule has 0 bridgehead atoms. The number of esters is 1. The van der Waals surface area contributed by atoms with Crippen LogP contribution in [0.5, 0.6) is 0 Å². The van der Waals surface area contributed by atoms with E-state index in [2.05, 4.69) is 0 Å². The number of methoxy groups -OCH3 is 1. The van der Waals surface area contributed by atoms with Crippen LogP contribution < -0.4 is 5.84 Å². The molecule has 0 saturated carbocycles. The predicted octanol–water partition coefficient (Wildman–Crippen LogP) is 0.149. The molecule has 0 unspecified atom stereocenters. The van der Waals surface area contributed by atoms with Gasteiger partial charge in [0.05, 0.1) is 12.0 Å². The minimum absolute atomic E-state index is 0.162. The zero-order valence-corrected chi connectivity index (χ0v) is 9.82. The molecule has 0 aromatic heterocycles. The molecule has 0 aromatic carbocycles. The molecule has 0 aliphatic carbocycles. The number of nitrogens with zero attached hydrogens (tertiary/aromatic N) is 1. The van der Waals surface area contributed by atoms with Gasteiger partial charge < -0.3 is 9.47 Å². The largest absolute Gasteiger partial charge is 0.460 e. The molecule has 2 atom stereocenters. The van der Waals surface area contributed by atoms with Crippen molar-refractivity contribution in [2.45, 2.75) is 32.5 Å². The molecule has 15 heavy (non-hydrogen) atoms. The van der Waals surface area contributed by atoms with Crippen LogP contribution in [0.25, 0.3) is 0 Å². The summed E-state index contributed by atoms with van der Waals surface area (Å²) in [7, 11) is 1.58. The summed E-state index contributed by atoms with van der Waals surface area (Å²) >= 11 is 0. The van der Waals surface area contributed by atoms with Crippen LogP contribution in [0.1, 0.15) is 20.8 Å². The lowest BCUT2D eigenvalue weighted by Gasteiger charge is -2.23. The Balaban J connectivity index is 2.59. The fraction of sp³-hybridized carbons (Fsp3) is 0.900. The summed E-state index contributed by atoms with van der Waals surface area (Å²) in [5, 5.41) is 1.59. The van der Waals surface area contributed by atoms with Gasteiger partial charge in [0.1, 0.15) is 5.60 Å². The number of hydrogen-bond acceptors (Lipinski definition) is 5.